The normalized spacial score (nSPS) is 15.5. The van der Waals surface area contributed by atoms with Crippen molar-refractivity contribution in [1.82, 2.24) is 4.90 Å². The van der Waals surface area contributed by atoms with Crippen molar-refractivity contribution >= 4 is 16.6 Å². The average molecular weight is 283 g/mol. The molecule has 1 saturated heterocycles. The van der Waals surface area contributed by atoms with Crippen molar-refractivity contribution in [2.45, 2.75) is 19.3 Å². The first kappa shape index (κ1) is 14.1. The van der Waals surface area contributed by atoms with Gasteiger partial charge in [0.15, 0.2) is 5.78 Å². The van der Waals surface area contributed by atoms with Crippen molar-refractivity contribution in [1.29, 1.82) is 0 Å². The summed E-state index contributed by atoms with van der Waals surface area (Å²) in [7, 11) is 1.63. The van der Waals surface area contributed by atoms with E-state index in [1.54, 1.807) is 7.11 Å². The molecule has 1 aliphatic heterocycles. The van der Waals surface area contributed by atoms with Crippen molar-refractivity contribution in [2.75, 3.05) is 26.7 Å². The van der Waals surface area contributed by atoms with Crippen LogP contribution in [-0.4, -0.2) is 37.4 Å². The van der Waals surface area contributed by atoms with E-state index in [0.29, 0.717) is 12.2 Å². The molecule has 0 unspecified atom stereocenters. The fourth-order valence-electron chi connectivity index (χ4n) is 3.10. The Morgan fingerprint density at radius 1 is 1.14 bits per heavy atom. The lowest BCUT2D eigenvalue weighted by Crippen LogP contribution is -2.22. The molecule has 0 amide bonds. The molecule has 1 fully saturated rings. The molecule has 21 heavy (non-hydrogen) atoms. The van der Waals surface area contributed by atoms with Gasteiger partial charge in [-0.1, -0.05) is 30.3 Å². The Morgan fingerprint density at radius 3 is 2.67 bits per heavy atom. The van der Waals surface area contributed by atoms with Crippen LogP contribution < -0.4 is 4.74 Å². The van der Waals surface area contributed by atoms with Crippen molar-refractivity contribution in [3.63, 3.8) is 0 Å². The first-order valence-electron chi connectivity index (χ1n) is 7.61. The summed E-state index contributed by atoms with van der Waals surface area (Å²) in [6.45, 7) is 3.10. The monoisotopic (exact) mass is 283 g/mol. The first-order chi connectivity index (χ1) is 10.3. The van der Waals surface area contributed by atoms with Crippen LogP contribution in [0.1, 0.15) is 29.6 Å². The van der Waals surface area contributed by atoms with Crippen molar-refractivity contribution in [3.8, 4) is 5.75 Å². The Labute approximate surface area is 125 Å². The Hall–Kier alpha value is -1.87. The van der Waals surface area contributed by atoms with Gasteiger partial charge in [0.05, 0.1) is 12.7 Å². The van der Waals surface area contributed by atoms with Crippen molar-refractivity contribution in [2.24, 2.45) is 0 Å². The summed E-state index contributed by atoms with van der Waals surface area (Å²) in [4.78, 5) is 15.1. The first-order valence-corrected chi connectivity index (χ1v) is 7.61. The van der Waals surface area contributed by atoms with Gasteiger partial charge in [0.25, 0.3) is 0 Å². The third kappa shape index (κ3) is 2.93. The largest absolute Gasteiger partial charge is 0.496 e. The number of rotatable bonds is 5. The number of hydrogen-bond acceptors (Lipinski definition) is 3. The molecular formula is C18H21NO2. The quantitative estimate of drug-likeness (QED) is 0.786. The number of fused-ring (bicyclic) bond motifs is 1. The van der Waals surface area contributed by atoms with Crippen LogP contribution in [0.25, 0.3) is 10.8 Å². The zero-order valence-electron chi connectivity index (χ0n) is 12.5. The highest BCUT2D eigenvalue weighted by molar-refractivity contribution is 6.10. The van der Waals surface area contributed by atoms with Crippen LogP contribution in [0.3, 0.4) is 0 Å². The predicted molar refractivity (Wildman–Crippen MR) is 85.1 cm³/mol. The molecular weight excluding hydrogens is 262 g/mol. The van der Waals surface area contributed by atoms with Crippen LogP contribution in [0.4, 0.5) is 0 Å². The molecule has 0 radical (unpaired) electrons. The molecule has 0 aliphatic carbocycles. The second-order valence-corrected chi connectivity index (χ2v) is 5.59. The Bertz CT molecular complexity index is 645. The molecule has 110 valence electrons. The number of carbonyl (C=O) groups is 1. The highest BCUT2D eigenvalue weighted by Crippen LogP contribution is 2.29. The topological polar surface area (TPSA) is 29.5 Å². The fourth-order valence-corrected chi connectivity index (χ4v) is 3.10. The number of Topliss-reactive ketones (excluding diaryl/α,β-unsaturated/α-hetero) is 1. The Morgan fingerprint density at radius 2 is 1.90 bits per heavy atom. The van der Waals surface area contributed by atoms with E-state index in [9.17, 15) is 4.79 Å². The summed E-state index contributed by atoms with van der Waals surface area (Å²) in [5.41, 5.74) is 0.731. The number of methoxy groups -OCH3 is 1. The van der Waals surface area contributed by atoms with Gasteiger partial charge in [-0.3, -0.25) is 4.79 Å². The Kier molecular flexibility index (Phi) is 4.20. The maximum absolute atomic E-state index is 12.7. The van der Waals surface area contributed by atoms with Crippen LogP contribution >= 0.6 is 0 Å². The van der Waals surface area contributed by atoms with E-state index in [1.165, 1.54) is 12.8 Å². The standard InChI is InChI=1S/C18H21NO2/c1-21-17-9-8-14-6-2-3-7-15(14)18(17)16(20)10-13-19-11-4-5-12-19/h2-3,6-9H,4-5,10-13H2,1H3. The number of ketones is 1. The molecule has 0 N–H and O–H groups in total. The molecule has 1 aliphatic rings. The van der Waals surface area contributed by atoms with E-state index in [2.05, 4.69) is 4.90 Å². The summed E-state index contributed by atoms with van der Waals surface area (Å²) < 4.78 is 5.41. The van der Waals surface area contributed by atoms with Crippen LogP contribution in [0, 0.1) is 0 Å². The van der Waals surface area contributed by atoms with Gasteiger partial charge >= 0.3 is 0 Å². The van der Waals surface area contributed by atoms with Crippen LogP contribution in [0.15, 0.2) is 36.4 Å². The van der Waals surface area contributed by atoms with Gasteiger partial charge in [-0.2, -0.15) is 0 Å². The second kappa shape index (κ2) is 6.27. The van der Waals surface area contributed by atoms with E-state index >= 15 is 0 Å². The van der Waals surface area contributed by atoms with E-state index < -0.39 is 0 Å². The van der Waals surface area contributed by atoms with E-state index in [-0.39, 0.29) is 5.78 Å². The minimum Gasteiger partial charge on any atom is -0.496 e. The molecule has 0 atom stereocenters. The zero-order valence-corrected chi connectivity index (χ0v) is 12.5. The maximum atomic E-state index is 12.7. The molecule has 1 heterocycles. The summed E-state index contributed by atoms with van der Waals surface area (Å²) >= 11 is 0. The minimum atomic E-state index is 0.176. The minimum absolute atomic E-state index is 0.176. The molecule has 0 bridgehead atoms. The highest BCUT2D eigenvalue weighted by Gasteiger charge is 2.18. The lowest BCUT2D eigenvalue weighted by Gasteiger charge is -2.15. The van der Waals surface area contributed by atoms with Gasteiger partial charge in [-0.05, 0) is 42.8 Å². The molecule has 3 heteroatoms. The molecule has 3 rings (SSSR count). The Balaban J connectivity index is 1.88. The molecule has 0 spiro atoms. The van der Waals surface area contributed by atoms with E-state index in [4.69, 9.17) is 4.74 Å². The van der Waals surface area contributed by atoms with Crippen LogP contribution in [-0.2, 0) is 0 Å². The molecule has 0 saturated carbocycles. The predicted octanol–water partition coefficient (Wildman–Crippen LogP) is 3.52. The van der Waals surface area contributed by atoms with Crippen LogP contribution in [0.5, 0.6) is 5.75 Å². The van der Waals surface area contributed by atoms with Gasteiger partial charge < -0.3 is 9.64 Å². The van der Waals surface area contributed by atoms with Gasteiger partial charge in [0, 0.05) is 13.0 Å². The smallest absolute Gasteiger partial charge is 0.168 e. The SMILES string of the molecule is COc1ccc2ccccc2c1C(=O)CCN1CCCC1. The summed E-state index contributed by atoms with van der Waals surface area (Å²) in [5, 5.41) is 2.08. The lowest BCUT2D eigenvalue weighted by atomic mass is 9.98. The van der Waals surface area contributed by atoms with Crippen molar-refractivity contribution in [3.05, 3.63) is 42.0 Å². The van der Waals surface area contributed by atoms with Crippen LogP contribution in [0.2, 0.25) is 0 Å². The van der Waals surface area contributed by atoms with E-state index in [0.717, 1.165) is 36.0 Å². The zero-order chi connectivity index (χ0) is 14.7. The number of benzene rings is 2. The number of nitrogens with zero attached hydrogens (tertiary/aromatic N) is 1. The number of likely N-dealkylation sites (tertiary alicyclic amines) is 1. The van der Waals surface area contributed by atoms with E-state index in [1.807, 2.05) is 36.4 Å². The van der Waals surface area contributed by atoms with Gasteiger partial charge in [0.2, 0.25) is 0 Å². The van der Waals surface area contributed by atoms with Gasteiger partial charge in [0.1, 0.15) is 5.75 Å². The maximum Gasteiger partial charge on any atom is 0.168 e. The third-order valence-electron chi connectivity index (χ3n) is 4.24. The average Bonchev–Trinajstić information content (AvgIpc) is 3.04. The summed E-state index contributed by atoms with van der Waals surface area (Å²) in [6.07, 6.45) is 3.07. The molecule has 2 aromatic carbocycles. The van der Waals surface area contributed by atoms with Gasteiger partial charge in [-0.15, -0.1) is 0 Å². The summed E-state index contributed by atoms with van der Waals surface area (Å²) in [5.74, 6) is 0.857. The molecule has 0 aromatic heterocycles. The second-order valence-electron chi connectivity index (χ2n) is 5.59. The molecule has 2 aromatic rings. The number of ether oxygens (including phenoxy) is 1. The number of carbonyl (C=O) groups excluding carboxylic acids is 1. The lowest BCUT2D eigenvalue weighted by molar-refractivity contribution is 0.0967. The molecule has 3 nitrogen and oxygen atoms in total. The van der Waals surface area contributed by atoms with Crippen molar-refractivity contribution < 1.29 is 9.53 Å². The number of hydrogen-bond donors (Lipinski definition) is 0. The highest BCUT2D eigenvalue weighted by atomic mass is 16.5. The third-order valence-corrected chi connectivity index (χ3v) is 4.24. The fraction of sp³-hybridized carbons (Fsp3) is 0.389. The van der Waals surface area contributed by atoms with Gasteiger partial charge in [-0.25, -0.2) is 0 Å². The summed E-state index contributed by atoms with van der Waals surface area (Å²) in [6, 6.07) is 11.9.